The van der Waals surface area contributed by atoms with Gasteiger partial charge in [-0.1, -0.05) is 50.2 Å². The van der Waals surface area contributed by atoms with Crippen molar-refractivity contribution in [3.63, 3.8) is 0 Å². The highest BCUT2D eigenvalue weighted by Crippen LogP contribution is 2.29. The Labute approximate surface area is 117 Å². The van der Waals surface area contributed by atoms with Crippen molar-refractivity contribution >= 4 is 0 Å². The van der Waals surface area contributed by atoms with Gasteiger partial charge in [-0.3, -0.25) is 0 Å². The molecule has 0 amide bonds. The van der Waals surface area contributed by atoms with Crippen LogP contribution in [0.5, 0.6) is 0 Å². The van der Waals surface area contributed by atoms with E-state index >= 15 is 0 Å². The van der Waals surface area contributed by atoms with Gasteiger partial charge in [0.1, 0.15) is 0 Å². The van der Waals surface area contributed by atoms with Gasteiger partial charge in [0.15, 0.2) is 0 Å². The second-order valence-electron chi connectivity index (χ2n) is 4.98. The molecular formula is C17H15F3. The third-order valence-corrected chi connectivity index (χ3v) is 3.08. The van der Waals surface area contributed by atoms with Crippen LogP contribution in [0, 0.1) is 6.42 Å². The minimum absolute atomic E-state index is 0.454. The van der Waals surface area contributed by atoms with E-state index in [2.05, 4.69) is 20.3 Å². The molecule has 0 aliphatic carbocycles. The lowest BCUT2D eigenvalue weighted by molar-refractivity contribution is -0.137. The summed E-state index contributed by atoms with van der Waals surface area (Å²) in [5, 5.41) is 0. The zero-order valence-electron chi connectivity index (χ0n) is 11.3. The van der Waals surface area contributed by atoms with Crippen LogP contribution in [0.15, 0.2) is 48.5 Å². The number of benzene rings is 2. The van der Waals surface area contributed by atoms with Gasteiger partial charge in [0, 0.05) is 0 Å². The molecule has 0 bridgehead atoms. The molecule has 0 atom stereocenters. The molecule has 0 aromatic heterocycles. The van der Waals surface area contributed by atoms with E-state index in [1.807, 2.05) is 24.3 Å². The Morgan fingerprint density at radius 3 is 1.65 bits per heavy atom. The maximum atomic E-state index is 12.4. The second kappa shape index (κ2) is 5.70. The van der Waals surface area contributed by atoms with Crippen LogP contribution in [0.2, 0.25) is 0 Å². The molecule has 20 heavy (non-hydrogen) atoms. The first kappa shape index (κ1) is 14.6. The Hall–Kier alpha value is -1.77. The summed E-state index contributed by atoms with van der Waals surface area (Å²) in [5.41, 5.74) is 2.07. The molecule has 0 aliphatic heterocycles. The van der Waals surface area contributed by atoms with E-state index in [0.29, 0.717) is 11.5 Å². The van der Waals surface area contributed by atoms with Crippen molar-refractivity contribution in [1.82, 2.24) is 0 Å². The summed E-state index contributed by atoms with van der Waals surface area (Å²) >= 11 is 0. The van der Waals surface area contributed by atoms with Gasteiger partial charge >= 0.3 is 6.18 Å². The molecule has 0 N–H and O–H groups in total. The summed E-state index contributed by atoms with van der Waals surface area (Å²) in [7, 11) is 0. The normalized spacial score (nSPS) is 11.9. The van der Waals surface area contributed by atoms with Crippen molar-refractivity contribution in [2.24, 2.45) is 0 Å². The van der Waals surface area contributed by atoms with Crippen molar-refractivity contribution in [2.45, 2.75) is 25.9 Å². The monoisotopic (exact) mass is 276 g/mol. The predicted octanol–water partition coefficient (Wildman–Crippen LogP) is 5.31. The van der Waals surface area contributed by atoms with Gasteiger partial charge in [-0.2, -0.15) is 13.2 Å². The first-order valence-corrected chi connectivity index (χ1v) is 6.40. The summed E-state index contributed by atoms with van der Waals surface area (Å²) in [4.78, 5) is 0. The molecule has 0 unspecified atom stereocenters. The number of halogens is 3. The average Bonchev–Trinajstić information content (AvgIpc) is 2.39. The minimum atomic E-state index is -4.29. The molecule has 0 saturated heterocycles. The fourth-order valence-electron chi connectivity index (χ4n) is 1.86. The first-order chi connectivity index (χ1) is 9.36. The molecule has 0 heterocycles. The van der Waals surface area contributed by atoms with Crippen molar-refractivity contribution in [3.05, 3.63) is 77.2 Å². The summed E-state index contributed by atoms with van der Waals surface area (Å²) in [6.07, 6.45) is -1.21. The lowest BCUT2D eigenvalue weighted by Crippen LogP contribution is -2.04. The number of hydrogen-bond acceptors (Lipinski definition) is 0. The lowest BCUT2D eigenvalue weighted by Gasteiger charge is -2.08. The largest absolute Gasteiger partial charge is 0.416 e. The fourth-order valence-corrected chi connectivity index (χ4v) is 1.86. The SMILES string of the molecule is CC(C)c1ccc([C]c2ccc(C(F)(F)F)cc2)cc1. The molecule has 104 valence electrons. The standard InChI is InChI=1S/C17H15F3/c1-12(2)15-7-3-13(4-8-15)11-14-5-9-16(10-6-14)17(18,19)20/h3-10,12H,1-2H3. The van der Waals surface area contributed by atoms with Gasteiger partial charge in [-0.05, 0) is 34.7 Å². The van der Waals surface area contributed by atoms with Crippen LogP contribution in [0.4, 0.5) is 13.2 Å². The van der Waals surface area contributed by atoms with Crippen LogP contribution in [-0.4, -0.2) is 0 Å². The average molecular weight is 276 g/mol. The Balaban J connectivity index is 2.10. The van der Waals surface area contributed by atoms with Crippen LogP contribution in [0.3, 0.4) is 0 Å². The highest BCUT2D eigenvalue weighted by molar-refractivity contribution is 5.39. The second-order valence-corrected chi connectivity index (χ2v) is 4.98. The molecule has 2 rings (SSSR count). The van der Waals surface area contributed by atoms with E-state index in [0.717, 1.165) is 17.7 Å². The van der Waals surface area contributed by atoms with Gasteiger partial charge in [0.05, 0.1) is 12.0 Å². The molecule has 0 spiro atoms. The van der Waals surface area contributed by atoms with Gasteiger partial charge < -0.3 is 0 Å². The van der Waals surface area contributed by atoms with Gasteiger partial charge in [-0.15, -0.1) is 0 Å². The molecule has 0 nitrogen and oxygen atoms in total. The van der Waals surface area contributed by atoms with Gasteiger partial charge in [0.2, 0.25) is 0 Å². The Kier molecular flexibility index (Phi) is 4.17. The van der Waals surface area contributed by atoms with E-state index in [4.69, 9.17) is 0 Å². The van der Waals surface area contributed by atoms with E-state index < -0.39 is 11.7 Å². The van der Waals surface area contributed by atoms with Crippen molar-refractivity contribution in [1.29, 1.82) is 0 Å². The van der Waals surface area contributed by atoms with Crippen molar-refractivity contribution < 1.29 is 13.2 Å². The predicted molar refractivity (Wildman–Crippen MR) is 73.4 cm³/mol. The highest BCUT2D eigenvalue weighted by Gasteiger charge is 2.29. The summed E-state index contributed by atoms with van der Waals surface area (Å²) in [6.45, 7) is 4.22. The van der Waals surface area contributed by atoms with E-state index in [-0.39, 0.29) is 0 Å². The molecule has 3 heteroatoms. The lowest BCUT2D eigenvalue weighted by atomic mass is 9.98. The smallest absolute Gasteiger partial charge is 0.166 e. The Morgan fingerprint density at radius 2 is 1.25 bits per heavy atom. The quantitative estimate of drug-likeness (QED) is 0.713. The Bertz CT molecular complexity index is 548. The number of rotatable bonds is 3. The Morgan fingerprint density at radius 1 is 0.800 bits per heavy atom. The summed E-state index contributed by atoms with van der Waals surface area (Å²) < 4.78 is 37.3. The van der Waals surface area contributed by atoms with Crippen LogP contribution in [0.1, 0.15) is 42.0 Å². The summed E-state index contributed by atoms with van der Waals surface area (Å²) in [6, 6.07) is 12.9. The summed E-state index contributed by atoms with van der Waals surface area (Å²) in [5.74, 6) is 0.454. The van der Waals surface area contributed by atoms with Gasteiger partial charge in [-0.25, -0.2) is 0 Å². The van der Waals surface area contributed by atoms with Gasteiger partial charge in [0.25, 0.3) is 0 Å². The molecule has 2 radical (unpaired) electrons. The van der Waals surface area contributed by atoms with Crippen LogP contribution in [0.25, 0.3) is 0 Å². The van der Waals surface area contributed by atoms with E-state index in [1.54, 1.807) is 0 Å². The third kappa shape index (κ3) is 3.62. The number of alkyl halides is 3. The van der Waals surface area contributed by atoms with E-state index in [1.165, 1.54) is 17.7 Å². The van der Waals surface area contributed by atoms with Crippen molar-refractivity contribution in [2.75, 3.05) is 0 Å². The van der Waals surface area contributed by atoms with Crippen LogP contribution < -0.4 is 0 Å². The first-order valence-electron chi connectivity index (χ1n) is 6.40. The fraction of sp³-hybridized carbons (Fsp3) is 0.235. The molecule has 2 aromatic carbocycles. The zero-order chi connectivity index (χ0) is 14.8. The maximum Gasteiger partial charge on any atom is 0.416 e. The highest BCUT2D eigenvalue weighted by atomic mass is 19.4. The van der Waals surface area contributed by atoms with Crippen molar-refractivity contribution in [3.8, 4) is 0 Å². The molecule has 0 fully saturated rings. The third-order valence-electron chi connectivity index (χ3n) is 3.08. The van der Waals surface area contributed by atoms with Crippen LogP contribution >= 0.6 is 0 Å². The topological polar surface area (TPSA) is 0 Å². The molecule has 0 saturated carbocycles. The number of hydrogen-bond donors (Lipinski definition) is 0. The molecule has 0 aliphatic rings. The molecule has 2 aromatic rings. The maximum absolute atomic E-state index is 12.4. The van der Waals surface area contributed by atoms with Crippen LogP contribution in [-0.2, 0) is 6.18 Å². The van der Waals surface area contributed by atoms with E-state index in [9.17, 15) is 13.2 Å². The molecular weight excluding hydrogens is 261 g/mol. The zero-order valence-corrected chi connectivity index (χ0v) is 11.3. The minimum Gasteiger partial charge on any atom is -0.166 e.